The lowest BCUT2D eigenvalue weighted by Gasteiger charge is -2.18. The number of carbonyl (C=O) groups is 3. The van der Waals surface area contributed by atoms with Crippen molar-refractivity contribution < 1.29 is 28.6 Å². The highest BCUT2D eigenvalue weighted by Crippen LogP contribution is 2.17. The summed E-state index contributed by atoms with van der Waals surface area (Å²) < 4.78 is 16.9. The highest BCUT2D eigenvalue weighted by molar-refractivity contribution is 5.71. The van der Waals surface area contributed by atoms with Crippen LogP contribution in [0, 0.1) is 0 Å². The molecule has 0 saturated carbocycles. The van der Waals surface area contributed by atoms with E-state index in [1.165, 1.54) is 180 Å². The molecule has 0 saturated heterocycles. The molecule has 0 aromatic carbocycles. The first kappa shape index (κ1) is 75.3. The number of hydrogen-bond acceptors (Lipinski definition) is 6. The molecule has 1 atom stereocenters. The molecule has 6 heteroatoms. The second-order valence-corrected chi connectivity index (χ2v) is 22.4. The van der Waals surface area contributed by atoms with E-state index >= 15 is 0 Å². The summed E-state index contributed by atoms with van der Waals surface area (Å²) in [5.41, 5.74) is 0. The van der Waals surface area contributed by atoms with Crippen LogP contribution in [0.15, 0.2) is 97.2 Å². The minimum Gasteiger partial charge on any atom is -0.462 e. The van der Waals surface area contributed by atoms with Crippen LogP contribution in [0.1, 0.15) is 329 Å². The number of hydrogen-bond donors (Lipinski definition) is 0. The van der Waals surface area contributed by atoms with Gasteiger partial charge in [-0.15, -0.1) is 0 Å². The van der Waals surface area contributed by atoms with Crippen molar-refractivity contribution in [2.75, 3.05) is 13.2 Å². The van der Waals surface area contributed by atoms with E-state index < -0.39 is 6.10 Å². The van der Waals surface area contributed by atoms with E-state index in [-0.39, 0.29) is 31.1 Å². The molecule has 0 aliphatic carbocycles. The van der Waals surface area contributed by atoms with Crippen molar-refractivity contribution in [1.29, 1.82) is 0 Å². The summed E-state index contributed by atoms with van der Waals surface area (Å²) >= 11 is 0. The highest BCUT2D eigenvalue weighted by Gasteiger charge is 2.19. The van der Waals surface area contributed by atoms with E-state index in [4.69, 9.17) is 14.2 Å². The average Bonchev–Trinajstić information content (AvgIpc) is 3.45. The quantitative estimate of drug-likeness (QED) is 0.0261. The molecule has 1 unspecified atom stereocenters. The van der Waals surface area contributed by atoms with Gasteiger partial charge in [0.25, 0.3) is 0 Å². The fraction of sp³-hybridized carbons (Fsp3) is 0.740. The van der Waals surface area contributed by atoms with Crippen molar-refractivity contribution in [2.45, 2.75) is 335 Å². The molecule has 454 valence electrons. The minimum absolute atomic E-state index is 0.0724. The molecule has 0 spiro atoms. The van der Waals surface area contributed by atoms with Crippen LogP contribution in [-0.2, 0) is 28.6 Å². The van der Waals surface area contributed by atoms with E-state index in [2.05, 4.69) is 118 Å². The first-order valence-corrected chi connectivity index (χ1v) is 33.7. The van der Waals surface area contributed by atoms with E-state index in [0.717, 1.165) is 109 Å². The summed E-state index contributed by atoms with van der Waals surface area (Å²) in [4.78, 5) is 38.3. The van der Waals surface area contributed by atoms with Crippen molar-refractivity contribution in [3.63, 3.8) is 0 Å². The number of esters is 3. The van der Waals surface area contributed by atoms with E-state index in [1.54, 1.807) is 0 Å². The summed E-state index contributed by atoms with van der Waals surface area (Å²) in [5, 5.41) is 0. The van der Waals surface area contributed by atoms with Gasteiger partial charge in [0, 0.05) is 19.3 Å². The van der Waals surface area contributed by atoms with Crippen LogP contribution < -0.4 is 0 Å². The van der Waals surface area contributed by atoms with Gasteiger partial charge in [-0.05, 0) is 83.5 Å². The Bertz CT molecular complexity index is 1540. The van der Waals surface area contributed by atoms with Crippen LogP contribution in [0.25, 0.3) is 0 Å². The molecule has 6 nitrogen and oxygen atoms in total. The summed E-state index contributed by atoms with van der Waals surface area (Å²) in [5.74, 6) is -0.862. The van der Waals surface area contributed by atoms with Gasteiger partial charge in [-0.25, -0.2) is 0 Å². The van der Waals surface area contributed by atoms with Crippen LogP contribution >= 0.6 is 0 Å². The van der Waals surface area contributed by atoms with Gasteiger partial charge in [-0.3, -0.25) is 14.4 Å². The molecule has 0 aliphatic rings. The van der Waals surface area contributed by atoms with Gasteiger partial charge in [0.05, 0.1) is 0 Å². The molecule has 0 N–H and O–H groups in total. The summed E-state index contributed by atoms with van der Waals surface area (Å²) in [7, 11) is 0. The van der Waals surface area contributed by atoms with Crippen molar-refractivity contribution in [3.8, 4) is 0 Å². The Morgan fingerprint density at radius 2 is 0.494 bits per heavy atom. The number of rotatable bonds is 61. The maximum atomic E-state index is 12.9. The zero-order chi connectivity index (χ0) is 57.1. The molecule has 0 amide bonds. The van der Waals surface area contributed by atoms with Crippen LogP contribution in [0.5, 0.6) is 0 Å². The van der Waals surface area contributed by atoms with E-state index in [1.807, 2.05) is 0 Å². The van der Waals surface area contributed by atoms with Gasteiger partial charge < -0.3 is 14.2 Å². The van der Waals surface area contributed by atoms with Crippen molar-refractivity contribution in [2.24, 2.45) is 0 Å². The Kier molecular flexibility index (Phi) is 63.7. The first-order valence-electron chi connectivity index (χ1n) is 33.7. The van der Waals surface area contributed by atoms with E-state index in [9.17, 15) is 14.4 Å². The Morgan fingerprint density at radius 3 is 0.772 bits per heavy atom. The summed E-state index contributed by atoms with van der Waals surface area (Å²) in [6.45, 7) is 6.55. The molecule has 0 aliphatic heterocycles. The van der Waals surface area contributed by atoms with Gasteiger partial charge >= 0.3 is 17.9 Å². The van der Waals surface area contributed by atoms with E-state index in [0.29, 0.717) is 19.3 Å². The highest BCUT2D eigenvalue weighted by atomic mass is 16.6. The maximum absolute atomic E-state index is 12.9. The number of allylic oxidation sites excluding steroid dienone is 16. The lowest BCUT2D eigenvalue weighted by Crippen LogP contribution is -2.30. The molecule has 0 heterocycles. The Balaban J connectivity index is 4.16. The van der Waals surface area contributed by atoms with Crippen molar-refractivity contribution in [1.82, 2.24) is 0 Å². The van der Waals surface area contributed by atoms with Gasteiger partial charge in [0.2, 0.25) is 0 Å². The Hall–Kier alpha value is -3.67. The third-order valence-corrected chi connectivity index (χ3v) is 14.6. The Morgan fingerprint density at radius 1 is 0.266 bits per heavy atom. The minimum atomic E-state index is -0.775. The fourth-order valence-corrected chi connectivity index (χ4v) is 9.58. The molecule has 0 bridgehead atoms. The van der Waals surface area contributed by atoms with Crippen LogP contribution in [0.2, 0.25) is 0 Å². The molecular formula is C73H126O6. The standard InChI is InChI=1S/C73H126O6/c1-4-7-10-13-16-19-22-25-27-28-29-30-31-32-33-34-35-36-37-38-39-40-41-42-43-44-45-46-47-49-51-54-57-60-63-66-72(75)78-69-70(68-77-71(74)65-62-59-56-53-50-24-21-18-15-12-9-6-3)79-73(76)67-64-61-58-55-52-48-26-23-20-17-14-11-8-5-2/h7,10,16,19,25,27,29-30,32-33,35-36,38-39,41-42,70H,4-6,8-9,11-15,17-18,20-24,26,28,31,34,37,40,43-69H2,1-3H3/b10-7-,19-16-,27-25-,30-29-,33-32-,36-35-,39-38-,42-41-. The lowest BCUT2D eigenvalue weighted by atomic mass is 10.0. The number of ether oxygens (including phenoxy) is 3. The van der Waals surface area contributed by atoms with Crippen molar-refractivity contribution in [3.05, 3.63) is 97.2 Å². The molecule has 0 rings (SSSR count). The third kappa shape index (κ3) is 65.0. The van der Waals surface area contributed by atoms with Crippen molar-refractivity contribution >= 4 is 17.9 Å². The van der Waals surface area contributed by atoms with Crippen LogP contribution in [0.3, 0.4) is 0 Å². The Labute approximate surface area is 489 Å². The topological polar surface area (TPSA) is 78.9 Å². The normalized spacial score (nSPS) is 12.7. The average molecular weight is 1100 g/mol. The molecule has 0 aromatic heterocycles. The van der Waals surface area contributed by atoms with Crippen LogP contribution in [-0.4, -0.2) is 37.2 Å². The monoisotopic (exact) mass is 1100 g/mol. The number of unbranched alkanes of at least 4 members (excludes halogenated alkanes) is 34. The number of carbonyl (C=O) groups excluding carboxylic acids is 3. The summed E-state index contributed by atoms with van der Waals surface area (Å²) in [6, 6.07) is 0. The maximum Gasteiger partial charge on any atom is 0.306 e. The SMILES string of the molecule is CC/C=C\C/C=C\C/C=C\C/C=C\C/C=C\C/C=C\C/C=C\C/C=C\CCCCCCCCCCCCC(=O)OCC(COC(=O)CCCCCCCCCCCCCC)OC(=O)CCCCCCCCCCCCCCCC. The molecule has 0 radical (unpaired) electrons. The zero-order valence-corrected chi connectivity index (χ0v) is 52.1. The predicted octanol–water partition coefficient (Wildman–Crippen LogP) is 23.2. The largest absolute Gasteiger partial charge is 0.462 e. The molecular weight excluding hydrogens is 973 g/mol. The second kappa shape index (κ2) is 66.8. The molecule has 0 fully saturated rings. The third-order valence-electron chi connectivity index (χ3n) is 14.6. The predicted molar refractivity (Wildman–Crippen MR) is 344 cm³/mol. The van der Waals surface area contributed by atoms with Gasteiger partial charge in [0.1, 0.15) is 13.2 Å². The lowest BCUT2D eigenvalue weighted by molar-refractivity contribution is -0.167. The van der Waals surface area contributed by atoms with Crippen LogP contribution in [0.4, 0.5) is 0 Å². The molecule has 0 aromatic rings. The first-order chi connectivity index (χ1) is 39.0. The van der Waals surface area contributed by atoms with Gasteiger partial charge in [-0.1, -0.05) is 323 Å². The fourth-order valence-electron chi connectivity index (χ4n) is 9.58. The smallest absolute Gasteiger partial charge is 0.306 e. The van der Waals surface area contributed by atoms with Gasteiger partial charge in [0.15, 0.2) is 6.10 Å². The molecule has 79 heavy (non-hydrogen) atoms. The van der Waals surface area contributed by atoms with Gasteiger partial charge in [-0.2, -0.15) is 0 Å². The zero-order valence-electron chi connectivity index (χ0n) is 52.1. The summed E-state index contributed by atoms with van der Waals surface area (Å²) in [6.07, 6.45) is 90.0. The second-order valence-electron chi connectivity index (χ2n) is 22.4.